The quantitative estimate of drug-likeness (QED) is 0.265. The number of nitrogens with zero attached hydrogens (tertiary/aromatic N) is 5. The summed E-state index contributed by atoms with van der Waals surface area (Å²) in [6, 6.07) is 3.40. The van der Waals surface area contributed by atoms with E-state index in [1.807, 2.05) is 19.1 Å². The summed E-state index contributed by atoms with van der Waals surface area (Å²) in [5.74, 6) is 0.251. The van der Waals surface area contributed by atoms with Crippen molar-refractivity contribution in [3.05, 3.63) is 30.1 Å². The third-order valence-corrected chi connectivity index (χ3v) is 10.7. The van der Waals surface area contributed by atoms with Crippen LogP contribution in [0.4, 0.5) is 26.1 Å². The highest BCUT2D eigenvalue weighted by atomic mass is 32.2. The predicted octanol–water partition coefficient (Wildman–Crippen LogP) is 2.03. The molecule has 3 saturated heterocycles. The van der Waals surface area contributed by atoms with Crippen molar-refractivity contribution < 1.29 is 36.3 Å². The van der Waals surface area contributed by atoms with Crippen molar-refractivity contribution in [1.29, 1.82) is 0 Å². The first-order valence-electron chi connectivity index (χ1n) is 15.8. The summed E-state index contributed by atoms with van der Waals surface area (Å²) >= 11 is 0. The largest absolute Gasteiger partial charge is 0.495 e. The van der Waals surface area contributed by atoms with Crippen LogP contribution in [0.1, 0.15) is 37.7 Å². The first-order chi connectivity index (χ1) is 22.5. The summed E-state index contributed by atoms with van der Waals surface area (Å²) in [7, 11) is -1.81. The first-order valence-corrected chi connectivity index (χ1v) is 17.4. The number of anilines is 3. The highest BCUT2D eigenvalue weighted by molar-refractivity contribution is 7.89. The van der Waals surface area contributed by atoms with Crippen LogP contribution in [0, 0.1) is 6.92 Å². The summed E-state index contributed by atoms with van der Waals surface area (Å²) in [6.45, 7) is 3.68. The SMILES string of the molecule is COc1cc(N2CCN(CCCS(=O)(=O)N3CCC(Nc4ncc(OC(F)F)cn4)CC3)CC2)c(C)cc1NC1CCC(=O)NC1=O. The molecule has 258 valence electrons. The molecule has 0 bridgehead atoms. The number of ether oxygens (including phenoxy) is 2. The molecule has 5 rings (SSSR count). The third kappa shape index (κ3) is 9.16. The number of aryl methyl sites for hydroxylation is 1. The number of rotatable bonds is 13. The molecule has 4 heterocycles. The summed E-state index contributed by atoms with van der Waals surface area (Å²) in [5.41, 5.74) is 2.77. The van der Waals surface area contributed by atoms with Gasteiger partial charge in [-0.25, -0.2) is 22.7 Å². The van der Waals surface area contributed by atoms with Gasteiger partial charge in [-0.05, 0) is 50.8 Å². The van der Waals surface area contributed by atoms with Crippen LogP contribution >= 0.6 is 0 Å². The number of halogens is 2. The molecular weight excluding hydrogens is 638 g/mol. The maximum Gasteiger partial charge on any atom is 0.387 e. The number of piperidine rings is 2. The lowest BCUT2D eigenvalue weighted by Crippen LogP contribution is -2.48. The van der Waals surface area contributed by atoms with Crippen LogP contribution in [-0.4, -0.2) is 117 Å². The summed E-state index contributed by atoms with van der Waals surface area (Å²) in [4.78, 5) is 36.3. The molecule has 1 unspecified atom stereocenters. The number of sulfonamides is 1. The molecule has 14 nitrogen and oxygen atoms in total. The van der Waals surface area contributed by atoms with Crippen LogP contribution in [0.5, 0.6) is 11.5 Å². The second kappa shape index (κ2) is 15.4. The fourth-order valence-corrected chi connectivity index (χ4v) is 7.67. The van der Waals surface area contributed by atoms with Crippen molar-refractivity contribution in [2.45, 2.75) is 57.7 Å². The van der Waals surface area contributed by atoms with Gasteiger partial charge in [-0.15, -0.1) is 0 Å². The minimum absolute atomic E-state index is 0.0268. The van der Waals surface area contributed by atoms with Crippen molar-refractivity contribution in [3.8, 4) is 11.5 Å². The van der Waals surface area contributed by atoms with Crippen molar-refractivity contribution in [1.82, 2.24) is 24.5 Å². The fourth-order valence-electron chi connectivity index (χ4n) is 6.15. The molecule has 1 aromatic heterocycles. The monoisotopic (exact) mass is 680 g/mol. The highest BCUT2D eigenvalue weighted by Crippen LogP contribution is 2.35. The van der Waals surface area contributed by atoms with Gasteiger partial charge in [0.1, 0.15) is 11.8 Å². The van der Waals surface area contributed by atoms with E-state index < -0.39 is 22.7 Å². The van der Waals surface area contributed by atoms with Crippen molar-refractivity contribution in [3.63, 3.8) is 0 Å². The van der Waals surface area contributed by atoms with Gasteiger partial charge in [-0.2, -0.15) is 8.78 Å². The third-order valence-electron chi connectivity index (χ3n) is 8.71. The van der Waals surface area contributed by atoms with Gasteiger partial charge in [0.15, 0.2) is 5.75 Å². The second-order valence-electron chi connectivity index (χ2n) is 11.9. The zero-order chi connectivity index (χ0) is 33.6. The summed E-state index contributed by atoms with van der Waals surface area (Å²) in [6.07, 6.45) is 4.75. The molecule has 3 aliphatic rings. The standard InChI is InChI=1S/C30H42F2N8O6S/c1-20-16-24(36-23-4-5-27(41)37-28(23)42)26(45-2)17-25(20)39-13-11-38(12-14-39)8-3-15-47(43,44)40-9-6-21(7-10-40)35-30-33-18-22(19-34-30)46-29(31)32/h16-19,21,23,29,36H,3-15H2,1-2H3,(H,33,34,35)(H,37,41,42). The molecule has 17 heteroatoms. The van der Waals surface area contributed by atoms with Crippen LogP contribution in [0.25, 0.3) is 0 Å². The number of imide groups is 1. The number of hydrogen-bond donors (Lipinski definition) is 3. The van der Waals surface area contributed by atoms with Gasteiger partial charge in [-0.3, -0.25) is 19.8 Å². The lowest BCUT2D eigenvalue weighted by Gasteiger charge is -2.37. The van der Waals surface area contributed by atoms with Gasteiger partial charge in [0, 0.05) is 63.5 Å². The van der Waals surface area contributed by atoms with E-state index in [2.05, 4.69) is 40.5 Å². The maximum absolute atomic E-state index is 13.1. The van der Waals surface area contributed by atoms with Crippen LogP contribution in [-0.2, 0) is 19.6 Å². The van der Waals surface area contributed by atoms with E-state index in [4.69, 9.17) is 4.74 Å². The Labute approximate surface area is 273 Å². The van der Waals surface area contributed by atoms with Crippen LogP contribution in [0.3, 0.4) is 0 Å². The van der Waals surface area contributed by atoms with E-state index in [9.17, 15) is 26.8 Å². The van der Waals surface area contributed by atoms with E-state index in [1.165, 1.54) is 12.4 Å². The smallest absolute Gasteiger partial charge is 0.387 e. The van der Waals surface area contributed by atoms with Gasteiger partial charge in [0.2, 0.25) is 27.8 Å². The number of amides is 2. The normalized spacial score (nSPS) is 20.3. The Morgan fingerprint density at radius 3 is 2.36 bits per heavy atom. The average molecular weight is 681 g/mol. The average Bonchev–Trinajstić information content (AvgIpc) is 3.04. The van der Waals surface area contributed by atoms with E-state index in [0.717, 1.165) is 37.4 Å². The molecule has 0 radical (unpaired) electrons. The molecule has 0 spiro atoms. The number of nitrogens with one attached hydrogen (secondary N) is 3. The Morgan fingerprint density at radius 2 is 1.72 bits per heavy atom. The minimum atomic E-state index is -3.40. The van der Waals surface area contributed by atoms with Crippen molar-refractivity contribution >= 4 is 39.2 Å². The number of alkyl halides is 2. The lowest BCUT2D eigenvalue weighted by molar-refractivity contribution is -0.133. The van der Waals surface area contributed by atoms with E-state index >= 15 is 0 Å². The zero-order valence-corrected chi connectivity index (χ0v) is 27.4. The molecule has 2 amide bonds. The zero-order valence-electron chi connectivity index (χ0n) is 26.6. The number of methoxy groups -OCH3 is 1. The van der Waals surface area contributed by atoms with E-state index in [1.54, 1.807) is 11.4 Å². The molecule has 2 aromatic rings. The van der Waals surface area contributed by atoms with Crippen molar-refractivity contribution in [2.75, 3.05) is 74.2 Å². The van der Waals surface area contributed by atoms with Crippen LogP contribution < -0.4 is 30.3 Å². The molecule has 3 fully saturated rings. The number of carbonyl (C=O) groups excluding carboxylic acids is 2. The van der Waals surface area contributed by atoms with Gasteiger partial charge in [0.05, 0.1) is 30.9 Å². The molecule has 47 heavy (non-hydrogen) atoms. The number of piperazine rings is 1. The number of carbonyl (C=O) groups is 2. The molecule has 3 N–H and O–H groups in total. The summed E-state index contributed by atoms with van der Waals surface area (Å²) in [5, 5.41) is 8.73. The van der Waals surface area contributed by atoms with E-state index in [-0.39, 0.29) is 41.7 Å². The molecule has 0 aliphatic carbocycles. The Bertz CT molecular complexity index is 1500. The molecule has 0 saturated carbocycles. The minimum Gasteiger partial charge on any atom is -0.495 e. The number of hydrogen-bond acceptors (Lipinski definition) is 12. The predicted molar refractivity (Wildman–Crippen MR) is 171 cm³/mol. The van der Waals surface area contributed by atoms with Gasteiger partial charge < -0.3 is 25.0 Å². The Balaban J connectivity index is 1.04. The Hall–Kier alpha value is -3.83. The van der Waals surface area contributed by atoms with Gasteiger partial charge >= 0.3 is 6.61 Å². The fraction of sp³-hybridized carbons (Fsp3) is 0.600. The first kappa shape index (κ1) is 34.5. The van der Waals surface area contributed by atoms with Gasteiger partial charge in [0.25, 0.3) is 0 Å². The van der Waals surface area contributed by atoms with E-state index in [0.29, 0.717) is 56.8 Å². The molecular formula is C30H42F2N8O6S. The van der Waals surface area contributed by atoms with Crippen molar-refractivity contribution in [2.24, 2.45) is 0 Å². The molecule has 3 aliphatic heterocycles. The highest BCUT2D eigenvalue weighted by Gasteiger charge is 2.30. The van der Waals surface area contributed by atoms with Gasteiger partial charge in [-0.1, -0.05) is 0 Å². The molecule has 1 aromatic carbocycles. The Morgan fingerprint density at radius 1 is 1.02 bits per heavy atom. The number of aromatic nitrogens is 2. The second-order valence-corrected chi connectivity index (χ2v) is 14.0. The Kier molecular flexibility index (Phi) is 11.3. The molecule has 1 atom stereocenters. The van der Waals surface area contributed by atoms with Crippen LogP contribution in [0.2, 0.25) is 0 Å². The number of benzene rings is 1. The van der Waals surface area contributed by atoms with Crippen LogP contribution in [0.15, 0.2) is 24.5 Å². The summed E-state index contributed by atoms with van der Waals surface area (Å²) < 4.78 is 62.2. The topological polar surface area (TPSA) is 158 Å². The lowest BCUT2D eigenvalue weighted by atomic mass is 10.0. The maximum atomic E-state index is 13.1.